The lowest BCUT2D eigenvalue weighted by Crippen LogP contribution is -2.05. The molecule has 0 saturated heterocycles. The Morgan fingerprint density at radius 1 is 1.14 bits per heavy atom. The number of fused-ring (bicyclic) bond motifs is 1. The zero-order chi connectivity index (χ0) is 20.0. The molecule has 3 N–H and O–H groups in total. The summed E-state index contributed by atoms with van der Waals surface area (Å²) < 4.78 is 20.7. The average molecular weight is 404 g/mol. The molecule has 5 rings (SSSR count). The van der Waals surface area contributed by atoms with E-state index in [1.54, 1.807) is 12.1 Å². The standard InChI is InChI=1S/C22H21N5OS/c1-14-12-25-22(27-21(14)19-13-24-20-5-3-2-4-18(19)20)26-15-6-8-16(9-7-15)29(23,28)17-10-11-17/h2-9,12-13,17,23-24H,10-11H2,1H3,(H,25,26,27). The van der Waals surface area contributed by atoms with Gasteiger partial charge in [0.15, 0.2) is 0 Å². The number of aryl methyl sites for hydroxylation is 1. The summed E-state index contributed by atoms with van der Waals surface area (Å²) in [6.07, 6.45) is 5.55. The van der Waals surface area contributed by atoms with E-state index in [-0.39, 0.29) is 5.25 Å². The van der Waals surface area contributed by atoms with E-state index in [9.17, 15) is 4.21 Å². The highest BCUT2D eigenvalue weighted by atomic mass is 32.2. The Morgan fingerprint density at radius 3 is 2.66 bits per heavy atom. The van der Waals surface area contributed by atoms with Crippen molar-refractivity contribution in [2.75, 3.05) is 5.32 Å². The number of aromatic nitrogens is 3. The van der Waals surface area contributed by atoms with Crippen LogP contribution < -0.4 is 5.32 Å². The van der Waals surface area contributed by atoms with Gasteiger partial charge in [-0.25, -0.2) is 19.0 Å². The minimum absolute atomic E-state index is 0.0143. The Morgan fingerprint density at radius 2 is 1.90 bits per heavy atom. The van der Waals surface area contributed by atoms with Gasteiger partial charge in [-0.05, 0) is 55.7 Å². The van der Waals surface area contributed by atoms with Crippen LogP contribution in [0.5, 0.6) is 0 Å². The predicted molar refractivity (Wildman–Crippen MR) is 116 cm³/mol. The fraction of sp³-hybridized carbons (Fsp3) is 0.182. The molecule has 2 aromatic carbocycles. The van der Waals surface area contributed by atoms with Crippen molar-refractivity contribution in [1.29, 1.82) is 4.78 Å². The first-order valence-electron chi connectivity index (χ1n) is 9.57. The number of benzene rings is 2. The Balaban J connectivity index is 1.45. The number of nitrogens with one attached hydrogen (secondary N) is 3. The molecule has 0 bridgehead atoms. The SMILES string of the molecule is Cc1cnc(Nc2ccc(S(=N)(=O)C3CC3)cc2)nc1-c1c[nH]c2ccccc12. The van der Waals surface area contributed by atoms with Crippen molar-refractivity contribution in [1.82, 2.24) is 15.0 Å². The molecule has 1 saturated carbocycles. The molecule has 6 nitrogen and oxygen atoms in total. The zero-order valence-electron chi connectivity index (χ0n) is 16.0. The smallest absolute Gasteiger partial charge is 0.227 e. The summed E-state index contributed by atoms with van der Waals surface area (Å²) in [5, 5.41) is 4.35. The maximum Gasteiger partial charge on any atom is 0.227 e. The van der Waals surface area contributed by atoms with Gasteiger partial charge < -0.3 is 10.3 Å². The number of H-pyrrole nitrogens is 1. The molecule has 2 aromatic heterocycles. The van der Waals surface area contributed by atoms with Crippen LogP contribution >= 0.6 is 0 Å². The third-order valence-electron chi connectivity index (χ3n) is 5.27. The quantitative estimate of drug-likeness (QED) is 0.424. The molecule has 2 heterocycles. The van der Waals surface area contributed by atoms with Crippen molar-refractivity contribution in [2.24, 2.45) is 0 Å². The average Bonchev–Trinajstić information content (AvgIpc) is 3.51. The van der Waals surface area contributed by atoms with Crippen molar-refractivity contribution in [3.8, 4) is 11.3 Å². The molecule has 0 spiro atoms. The van der Waals surface area contributed by atoms with Crippen LogP contribution in [0.3, 0.4) is 0 Å². The zero-order valence-corrected chi connectivity index (χ0v) is 16.8. The molecular weight excluding hydrogens is 382 g/mol. The van der Waals surface area contributed by atoms with Gasteiger partial charge in [-0.15, -0.1) is 0 Å². The van der Waals surface area contributed by atoms with Crippen molar-refractivity contribution < 1.29 is 4.21 Å². The van der Waals surface area contributed by atoms with Gasteiger partial charge in [-0.2, -0.15) is 0 Å². The van der Waals surface area contributed by atoms with Crippen molar-refractivity contribution in [2.45, 2.75) is 29.9 Å². The lowest BCUT2D eigenvalue weighted by molar-refractivity contribution is 0.674. The third-order valence-corrected chi connectivity index (χ3v) is 7.65. The molecule has 7 heteroatoms. The predicted octanol–water partition coefficient (Wildman–Crippen LogP) is 5.24. The van der Waals surface area contributed by atoms with E-state index >= 15 is 0 Å². The summed E-state index contributed by atoms with van der Waals surface area (Å²) in [5.74, 6) is 0.498. The molecule has 29 heavy (non-hydrogen) atoms. The first kappa shape index (κ1) is 17.9. The van der Waals surface area contributed by atoms with Gasteiger partial charge >= 0.3 is 0 Å². The van der Waals surface area contributed by atoms with Gasteiger partial charge in [0.25, 0.3) is 0 Å². The number of hydrogen-bond donors (Lipinski definition) is 3. The van der Waals surface area contributed by atoms with Crippen molar-refractivity contribution in [3.05, 3.63) is 66.5 Å². The van der Waals surface area contributed by atoms with Crippen molar-refractivity contribution >= 4 is 32.3 Å². The molecular formula is C22H21N5OS. The first-order valence-corrected chi connectivity index (χ1v) is 11.2. The van der Waals surface area contributed by atoms with E-state index in [1.165, 1.54) is 0 Å². The van der Waals surface area contributed by atoms with Crippen LogP contribution in [0.2, 0.25) is 0 Å². The van der Waals surface area contributed by atoms with Gasteiger partial charge in [-0.1, -0.05) is 18.2 Å². The van der Waals surface area contributed by atoms with E-state index in [1.807, 2.05) is 49.6 Å². The van der Waals surface area contributed by atoms with E-state index < -0.39 is 9.73 Å². The van der Waals surface area contributed by atoms with Gasteiger partial charge in [-0.3, -0.25) is 0 Å². The molecule has 0 radical (unpaired) electrons. The summed E-state index contributed by atoms with van der Waals surface area (Å²) in [7, 11) is -2.68. The second-order valence-electron chi connectivity index (χ2n) is 7.42. The number of aromatic amines is 1. The molecule has 1 fully saturated rings. The summed E-state index contributed by atoms with van der Waals surface area (Å²) >= 11 is 0. The molecule has 0 aliphatic heterocycles. The second-order valence-corrected chi connectivity index (χ2v) is 9.76. The van der Waals surface area contributed by atoms with Gasteiger partial charge in [0, 0.05) is 44.7 Å². The van der Waals surface area contributed by atoms with Crippen LogP contribution in [0, 0.1) is 11.7 Å². The third kappa shape index (κ3) is 3.27. The van der Waals surface area contributed by atoms with Crippen molar-refractivity contribution in [3.63, 3.8) is 0 Å². The lowest BCUT2D eigenvalue weighted by Gasteiger charge is -2.10. The van der Waals surface area contributed by atoms with E-state index in [2.05, 4.69) is 21.4 Å². The molecule has 1 unspecified atom stereocenters. The van der Waals surface area contributed by atoms with E-state index in [4.69, 9.17) is 9.76 Å². The number of nitrogens with zero attached hydrogens (tertiary/aromatic N) is 2. The summed E-state index contributed by atoms with van der Waals surface area (Å²) in [5.41, 5.74) is 4.78. The van der Waals surface area contributed by atoms with Crippen LogP contribution in [0.15, 0.2) is 65.8 Å². The fourth-order valence-electron chi connectivity index (χ4n) is 3.50. The molecule has 1 atom stereocenters. The highest BCUT2D eigenvalue weighted by Crippen LogP contribution is 2.34. The largest absolute Gasteiger partial charge is 0.360 e. The van der Waals surface area contributed by atoms with Gasteiger partial charge in [0.05, 0.1) is 15.4 Å². The summed E-state index contributed by atoms with van der Waals surface area (Å²) in [6, 6.07) is 15.3. The normalized spacial score (nSPS) is 15.9. The summed E-state index contributed by atoms with van der Waals surface area (Å²) in [4.78, 5) is 13.0. The van der Waals surface area contributed by atoms with Crippen LogP contribution in [0.25, 0.3) is 22.2 Å². The second kappa shape index (κ2) is 6.70. The Bertz CT molecular complexity index is 1300. The minimum atomic E-state index is -2.68. The van der Waals surface area contributed by atoms with Crippen LogP contribution in [0.4, 0.5) is 11.6 Å². The maximum atomic E-state index is 12.6. The highest BCUT2D eigenvalue weighted by Gasteiger charge is 2.33. The number of rotatable bonds is 5. The number of anilines is 2. The van der Waals surface area contributed by atoms with Gasteiger partial charge in [0.2, 0.25) is 5.95 Å². The van der Waals surface area contributed by atoms with Gasteiger partial charge in [0.1, 0.15) is 0 Å². The molecule has 146 valence electrons. The Hall–Kier alpha value is -3.19. The van der Waals surface area contributed by atoms with Crippen LogP contribution in [-0.4, -0.2) is 24.4 Å². The van der Waals surface area contributed by atoms with E-state index in [0.717, 1.165) is 46.3 Å². The van der Waals surface area contributed by atoms with E-state index in [0.29, 0.717) is 10.8 Å². The monoisotopic (exact) mass is 403 g/mol. The Labute approximate surface area is 169 Å². The maximum absolute atomic E-state index is 12.6. The highest BCUT2D eigenvalue weighted by molar-refractivity contribution is 7.93. The lowest BCUT2D eigenvalue weighted by atomic mass is 10.1. The minimum Gasteiger partial charge on any atom is -0.360 e. The fourth-order valence-corrected chi connectivity index (χ4v) is 5.23. The molecule has 1 aliphatic rings. The summed E-state index contributed by atoms with van der Waals surface area (Å²) in [6.45, 7) is 2.00. The molecule has 0 amide bonds. The van der Waals surface area contributed by atoms with Crippen LogP contribution in [0.1, 0.15) is 18.4 Å². The molecule has 4 aromatic rings. The number of hydrogen-bond acceptors (Lipinski definition) is 5. The number of para-hydroxylation sites is 1. The first-order chi connectivity index (χ1) is 14.0. The molecule has 1 aliphatic carbocycles. The van der Waals surface area contributed by atoms with Crippen LogP contribution in [-0.2, 0) is 9.73 Å². The topological polar surface area (TPSA) is 94.5 Å². The Kier molecular flexibility index (Phi) is 4.13.